The lowest BCUT2D eigenvalue weighted by Crippen LogP contribution is -2.54. The van der Waals surface area contributed by atoms with Crippen molar-refractivity contribution >= 4 is 11.9 Å². The van der Waals surface area contributed by atoms with Gasteiger partial charge in [0.1, 0.15) is 5.76 Å². The van der Waals surface area contributed by atoms with Crippen LogP contribution in [0.4, 0.5) is 0 Å². The van der Waals surface area contributed by atoms with Gasteiger partial charge in [-0.1, -0.05) is 12.8 Å². The summed E-state index contributed by atoms with van der Waals surface area (Å²) in [6.45, 7) is 6.82. The number of likely N-dealkylation sites (tertiary alicyclic amines) is 1. The van der Waals surface area contributed by atoms with Crippen LogP contribution in [0.1, 0.15) is 31.4 Å². The summed E-state index contributed by atoms with van der Waals surface area (Å²) in [6.07, 6.45) is 7.37. The van der Waals surface area contributed by atoms with E-state index < -0.39 is 0 Å². The highest BCUT2D eigenvalue weighted by Gasteiger charge is 2.23. The maximum Gasteiger partial charge on any atom is 0.236 e. The zero-order valence-corrected chi connectivity index (χ0v) is 16.5. The number of nitrogens with one attached hydrogen (secondary N) is 1. The van der Waals surface area contributed by atoms with Gasteiger partial charge in [0.05, 0.1) is 12.8 Å². The molecule has 0 spiro atoms. The molecule has 2 saturated heterocycles. The van der Waals surface area contributed by atoms with Gasteiger partial charge in [-0.15, -0.1) is 0 Å². The van der Waals surface area contributed by atoms with Crippen molar-refractivity contribution in [3.8, 4) is 0 Å². The van der Waals surface area contributed by atoms with Crippen LogP contribution in [0.2, 0.25) is 0 Å². The molecule has 3 rings (SSSR count). The fourth-order valence-corrected chi connectivity index (χ4v) is 3.81. The number of rotatable bonds is 5. The minimum atomic E-state index is 0.298. The van der Waals surface area contributed by atoms with Gasteiger partial charge in [0, 0.05) is 59.3 Å². The molecule has 7 heteroatoms. The Balaban J connectivity index is 1.38. The van der Waals surface area contributed by atoms with E-state index >= 15 is 0 Å². The number of furan rings is 1. The van der Waals surface area contributed by atoms with Crippen molar-refractivity contribution in [2.45, 2.75) is 32.1 Å². The molecule has 0 unspecified atom stereocenters. The summed E-state index contributed by atoms with van der Waals surface area (Å²) in [5.74, 6) is 2.21. The van der Waals surface area contributed by atoms with Crippen molar-refractivity contribution < 1.29 is 9.21 Å². The Hall–Kier alpha value is -2.02. The van der Waals surface area contributed by atoms with E-state index in [9.17, 15) is 4.79 Å². The first-order valence-electron chi connectivity index (χ1n) is 10.2. The number of aliphatic imine (C=N–C) groups is 1. The first-order valence-corrected chi connectivity index (χ1v) is 10.2. The smallest absolute Gasteiger partial charge is 0.236 e. The van der Waals surface area contributed by atoms with Crippen LogP contribution in [0.25, 0.3) is 0 Å². The van der Waals surface area contributed by atoms with Crippen molar-refractivity contribution in [2.24, 2.45) is 4.99 Å². The van der Waals surface area contributed by atoms with E-state index in [1.807, 2.05) is 19.2 Å². The van der Waals surface area contributed by atoms with Crippen molar-refractivity contribution in [2.75, 3.05) is 59.4 Å². The van der Waals surface area contributed by atoms with E-state index in [-0.39, 0.29) is 0 Å². The summed E-state index contributed by atoms with van der Waals surface area (Å²) in [5.41, 5.74) is 0. The minimum Gasteiger partial charge on any atom is -0.469 e. The maximum absolute atomic E-state index is 12.6. The van der Waals surface area contributed by atoms with E-state index in [1.54, 1.807) is 6.26 Å². The van der Waals surface area contributed by atoms with Crippen molar-refractivity contribution in [1.82, 2.24) is 20.0 Å². The first-order chi connectivity index (χ1) is 13.3. The highest BCUT2D eigenvalue weighted by atomic mass is 16.3. The Morgan fingerprint density at radius 2 is 1.81 bits per heavy atom. The molecule has 0 bridgehead atoms. The molecule has 1 N–H and O–H groups in total. The van der Waals surface area contributed by atoms with E-state index in [4.69, 9.17) is 4.42 Å². The summed E-state index contributed by atoms with van der Waals surface area (Å²) in [5, 5.41) is 3.41. The van der Waals surface area contributed by atoms with Crippen molar-refractivity contribution in [3.63, 3.8) is 0 Å². The Bertz CT molecular complexity index is 586. The van der Waals surface area contributed by atoms with Crippen LogP contribution in [0.3, 0.4) is 0 Å². The number of hydrogen-bond acceptors (Lipinski definition) is 4. The third-order valence-electron chi connectivity index (χ3n) is 5.44. The summed E-state index contributed by atoms with van der Waals surface area (Å²) in [4.78, 5) is 23.6. The number of nitrogens with zero attached hydrogens (tertiary/aromatic N) is 4. The third-order valence-corrected chi connectivity index (χ3v) is 5.44. The zero-order valence-electron chi connectivity index (χ0n) is 16.5. The summed E-state index contributed by atoms with van der Waals surface area (Å²) in [6, 6.07) is 3.90. The molecule has 2 aliphatic heterocycles. The van der Waals surface area contributed by atoms with E-state index in [2.05, 4.69) is 25.0 Å². The van der Waals surface area contributed by atoms with Gasteiger partial charge in [0.25, 0.3) is 0 Å². The summed E-state index contributed by atoms with van der Waals surface area (Å²) >= 11 is 0. The topological polar surface area (TPSA) is 64.3 Å². The van der Waals surface area contributed by atoms with Crippen LogP contribution in [0.15, 0.2) is 27.8 Å². The third kappa shape index (κ3) is 5.99. The second-order valence-corrected chi connectivity index (χ2v) is 7.36. The molecule has 0 atom stereocenters. The normalized spacial score (nSPS) is 19.8. The lowest BCUT2D eigenvalue weighted by atomic mass is 10.2. The Kier molecular flexibility index (Phi) is 7.56. The Morgan fingerprint density at radius 3 is 2.44 bits per heavy atom. The second-order valence-electron chi connectivity index (χ2n) is 7.36. The highest BCUT2D eigenvalue weighted by molar-refractivity contribution is 5.80. The molecule has 0 aliphatic carbocycles. The maximum atomic E-state index is 12.6. The average Bonchev–Trinajstić information content (AvgIpc) is 3.05. The molecule has 27 heavy (non-hydrogen) atoms. The monoisotopic (exact) mass is 375 g/mol. The van der Waals surface area contributed by atoms with Crippen LogP contribution in [-0.4, -0.2) is 86.0 Å². The molecule has 1 aromatic heterocycles. The largest absolute Gasteiger partial charge is 0.469 e. The van der Waals surface area contributed by atoms with Gasteiger partial charge in [-0.05, 0) is 25.0 Å². The molecular formula is C20H33N5O2. The molecule has 150 valence electrons. The van der Waals surface area contributed by atoms with Crippen molar-refractivity contribution in [3.05, 3.63) is 24.2 Å². The molecule has 1 aromatic rings. The molecular weight excluding hydrogens is 342 g/mol. The zero-order chi connectivity index (χ0) is 18.9. The van der Waals surface area contributed by atoms with E-state index in [0.29, 0.717) is 12.5 Å². The Morgan fingerprint density at radius 1 is 1.07 bits per heavy atom. The lowest BCUT2D eigenvalue weighted by molar-refractivity contribution is -0.132. The Labute approximate surface area is 162 Å². The van der Waals surface area contributed by atoms with Crippen LogP contribution in [-0.2, 0) is 11.2 Å². The molecule has 1 amide bonds. The number of carbonyl (C=O) groups is 1. The highest BCUT2D eigenvalue weighted by Crippen LogP contribution is 2.11. The van der Waals surface area contributed by atoms with Gasteiger partial charge >= 0.3 is 0 Å². The molecule has 3 heterocycles. The number of hydrogen-bond donors (Lipinski definition) is 1. The number of piperazine rings is 1. The van der Waals surface area contributed by atoms with Gasteiger partial charge < -0.3 is 19.5 Å². The quantitative estimate of drug-likeness (QED) is 0.623. The summed E-state index contributed by atoms with van der Waals surface area (Å²) in [7, 11) is 1.82. The minimum absolute atomic E-state index is 0.298. The van der Waals surface area contributed by atoms with Gasteiger partial charge in [-0.2, -0.15) is 0 Å². The fourth-order valence-electron chi connectivity index (χ4n) is 3.81. The summed E-state index contributed by atoms with van der Waals surface area (Å²) < 4.78 is 5.37. The van der Waals surface area contributed by atoms with Gasteiger partial charge in [0.2, 0.25) is 5.91 Å². The number of amides is 1. The van der Waals surface area contributed by atoms with Crippen LogP contribution < -0.4 is 5.32 Å². The number of guanidine groups is 1. The molecule has 7 nitrogen and oxygen atoms in total. The van der Waals surface area contributed by atoms with Crippen LogP contribution in [0.5, 0.6) is 0 Å². The van der Waals surface area contributed by atoms with E-state index in [1.165, 1.54) is 12.8 Å². The molecule has 0 saturated carbocycles. The molecule has 2 aliphatic rings. The van der Waals surface area contributed by atoms with E-state index in [0.717, 1.165) is 76.8 Å². The van der Waals surface area contributed by atoms with Crippen LogP contribution >= 0.6 is 0 Å². The van der Waals surface area contributed by atoms with Crippen molar-refractivity contribution in [1.29, 1.82) is 0 Å². The molecule has 0 radical (unpaired) electrons. The number of carbonyl (C=O) groups excluding carboxylic acids is 1. The fraction of sp³-hybridized carbons (Fsp3) is 0.700. The first kappa shape index (κ1) is 19.7. The lowest BCUT2D eigenvalue weighted by Gasteiger charge is -2.37. The average molecular weight is 376 g/mol. The predicted octanol–water partition coefficient (Wildman–Crippen LogP) is 1.42. The predicted molar refractivity (Wildman–Crippen MR) is 107 cm³/mol. The van der Waals surface area contributed by atoms with Gasteiger partial charge in [-0.25, -0.2) is 0 Å². The standard InChI is InChI=1S/C20H33N5O2/c1-21-20(22-9-8-18-7-6-16-27-18)25-14-12-23(13-15-25)17-19(26)24-10-4-2-3-5-11-24/h6-7,16H,2-5,8-15,17H2,1H3,(H,21,22). The molecule has 2 fully saturated rings. The molecule has 0 aromatic carbocycles. The second kappa shape index (κ2) is 10.3. The van der Waals surface area contributed by atoms with Gasteiger partial charge in [0.15, 0.2) is 5.96 Å². The van der Waals surface area contributed by atoms with Gasteiger partial charge in [-0.3, -0.25) is 14.7 Å². The van der Waals surface area contributed by atoms with Crippen LogP contribution in [0, 0.1) is 0 Å². The SMILES string of the molecule is CN=C(NCCc1ccco1)N1CCN(CC(=O)N2CCCCCC2)CC1.